The fourth-order valence-corrected chi connectivity index (χ4v) is 8.74. The minimum absolute atomic E-state index is 0.0301. The average Bonchev–Trinajstić information content (AvgIpc) is 3.23. The van der Waals surface area contributed by atoms with Crippen molar-refractivity contribution in [1.82, 2.24) is 0 Å². The lowest BCUT2D eigenvalue weighted by Gasteiger charge is -2.34. The number of fused-ring (bicyclic) bond motifs is 6. The van der Waals surface area contributed by atoms with Crippen LogP contribution in [-0.2, 0) is 0 Å². The molecule has 0 unspecified atom stereocenters. The van der Waals surface area contributed by atoms with Gasteiger partial charge in [0.25, 0.3) is 6.71 Å². The summed E-state index contributed by atoms with van der Waals surface area (Å²) in [4.78, 5) is 0. The fourth-order valence-electron chi connectivity index (χ4n) is 8.74. The summed E-state index contributed by atoms with van der Waals surface area (Å²) in [6.45, 7) is -0.0301. The molecule has 0 N–H and O–H groups in total. The molecule has 0 saturated heterocycles. The molecule has 0 amide bonds. The first-order valence-corrected chi connectivity index (χ1v) is 18.2. The molecule has 0 fully saturated rings. The van der Waals surface area contributed by atoms with E-state index in [-0.39, 0.29) is 6.71 Å². The van der Waals surface area contributed by atoms with Crippen LogP contribution in [0.5, 0.6) is 23.0 Å². The van der Waals surface area contributed by atoms with Crippen molar-refractivity contribution in [3.63, 3.8) is 0 Å². The Labute approximate surface area is 308 Å². The maximum atomic E-state index is 6.98. The van der Waals surface area contributed by atoms with E-state index in [1.54, 1.807) is 0 Å². The lowest BCUT2D eigenvalue weighted by Crippen LogP contribution is -2.57. The number of benzene rings is 9. The molecule has 0 atom stereocenters. The second-order valence-electron chi connectivity index (χ2n) is 13.9. The maximum absolute atomic E-state index is 6.98. The molecule has 2 aliphatic heterocycles. The van der Waals surface area contributed by atoms with Crippen molar-refractivity contribution in [1.29, 1.82) is 0 Å². The van der Waals surface area contributed by atoms with Gasteiger partial charge in [0.1, 0.15) is 23.0 Å². The topological polar surface area (TPSA) is 18.5 Å². The van der Waals surface area contributed by atoms with E-state index in [1.807, 2.05) is 6.07 Å². The molecule has 9 aromatic rings. The van der Waals surface area contributed by atoms with Crippen molar-refractivity contribution < 1.29 is 9.47 Å². The second-order valence-corrected chi connectivity index (χ2v) is 13.9. The Morgan fingerprint density at radius 3 is 1.57 bits per heavy atom. The Morgan fingerprint density at radius 2 is 0.868 bits per heavy atom. The van der Waals surface area contributed by atoms with Gasteiger partial charge in [-0.05, 0) is 89.6 Å². The Kier molecular flexibility index (Phi) is 6.68. The van der Waals surface area contributed by atoms with Crippen molar-refractivity contribution >= 4 is 44.6 Å². The zero-order chi connectivity index (χ0) is 34.9. The van der Waals surface area contributed by atoms with Crippen molar-refractivity contribution in [3.8, 4) is 67.5 Å². The molecule has 3 heteroatoms. The smallest absolute Gasteiger partial charge is 0.260 e. The largest absolute Gasteiger partial charge is 0.458 e. The molecule has 0 spiro atoms. The molecule has 246 valence electrons. The van der Waals surface area contributed by atoms with Gasteiger partial charge in [0, 0.05) is 11.0 Å². The van der Waals surface area contributed by atoms with Crippen LogP contribution < -0.4 is 25.9 Å². The third kappa shape index (κ3) is 4.61. The van der Waals surface area contributed by atoms with Crippen molar-refractivity contribution in [3.05, 3.63) is 188 Å². The number of para-hydroxylation sites is 1. The van der Waals surface area contributed by atoms with Crippen LogP contribution in [0, 0.1) is 0 Å². The van der Waals surface area contributed by atoms with E-state index in [1.165, 1.54) is 49.4 Å². The molecule has 0 aliphatic carbocycles. The molecule has 2 heterocycles. The van der Waals surface area contributed by atoms with Gasteiger partial charge >= 0.3 is 0 Å². The lowest BCUT2D eigenvalue weighted by molar-refractivity contribution is 0.465. The summed E-state index contributed by atoms with van der Waals surface area (Å²) in [6, 6.07) is 67.2. The monoisotopic (exact) mass is 674 g/mol. The molecular weight excluding hydrogens is 643 g/mol. The molecule has 11 rings (SSSR count). The van der Waals surface area contributed by atoms with Crippen LogP contribution in [-0.4, -0.2) is 6.71 Å². The molecule has 0 radical (unpaired) electrons. The molecule has 2 aliphatic rings. The van der Waals surface area contributed by atoms with Crippen molar-refractivity contribution in [2.75, 3.05) is 0 Å². The normalized spacial score (nSPS) is 12.4. The molecule has 2 nitrogen and oxygen atoms in total. The fraction of sp³-hybridized carbons (Fsp3) is 0. The third-order valence-corrected chi connectivity index (χ3v) is 11.0. The summed E-state index contributed by atoms with van der Waals surface area (Å²) in [5, 5.41) is 4.93. The van der Waals surface area contributed by atoms with Crippen LogP contribution in [0.1, 0.15) is 0 Å². The minimum Gasteiger partial charge on any atom is -0.458 e. The Morgan fingerprint density at radius 1 is 0.321 bits per heavy atom. The van der Waals surface area contributed by atoms with Crippen molar-refractivity contribution in [2.45, 2.75) is 0 Å². The summed E-state index contributed by atoms with van der Waals surface area (Å²) in [7, 11) is 0. The van der Waals surface area contributed by atoms with Gasteiger partial charge in [-0.3, -0.25) is 0 Å². The van der Waals surface area contributed by atoms with Gasteiger partial charge in [0.15, 0.2) is 0 Å². The third-order valence-electron chi connectivity index (χ3n) is 11.0. The van der Waals surface area contributed by atoms with Crippen LogP contribution in [0.2, 0.25) is 0 Å². The predicted octanol–water partition coefficient (Wildman–Crippen LogP) is 11.4. The number of hydrogen-bond acceptors (Lipinski definition) is 2. The van der Waals surface area contributed by atoms with E-state index in [4.69, 9.17) is 9.47 Å². The Bertz CT molecular complexity index is 2840. The number of ether oxygens (including phenoxy) is 2. The first-order chi connectivity index (χ1) is 26.3. The van der Waals surface area contributed by atoms with E-state index < -0.39 is 0 Å². The standard InChI is InChI=1S/C50H31BO2/c1-3-15-32(16-4-1)34-29-30-42-46(31-34)52-44-27-14-28-45-49(44)51(42)43-26-13-25-41(50(43)53-45)35-19-7-8-20-36(35)48-39-23-11-9-21-37(39)47(33-17-5-2-6-18-33)38-22-10-12-24-40(38)48/h1-31H. The first-order valence-electron chi connectivity index (χ1n) is 18.2. The van der Waals surface area contributed by atoms with E-state index in [0.29, 0.717) is 0 Å². The van der Waals surface area contributed by atoms with E-state index in [0.717, 1.165) is 56.1 Å². The maximum Gasteiger partial charge on any atom is 0.260 e. The van der Waals surface area contributed by atoms with E-state index >= 15 is 0 Å². The molecule has 0 saturated carbocycles. The lowest BCUT2D eigenvalue weighted by atomic mass is 9.34. The summed E-state index contributed by atoms with van der Waals surface area (Å²) in [5.74, 6) is 3.46. The first kappa shape index (κ1) is 29.9. The van der Waals surface area contributed by atoms with E-state index in [2.05, 4.69) is 182 Å². The molecule has 0 bridgehead atoms. The van der Waals surface area contributed by atoms with Crippen LogP contribution in [0.25, 0.3) is 66.1 Å². The van der Waals surface area contributed by atoms with Gasteiger partial charge in [-0.2, -0.15) is 0 Å². The highest BCUT2D eigenvalue weighted by molar-refractivity contribution is 6.98. The van der Waals surface area contributed by atoms with Gasteiger partial charge in [-0.15, -0.1) is 0 Å². The second kappa shape index (κ2) is 11.9. The highest BCUT2D eigenvalue weighted by Gasteiger charge is 2.41. The van der Waals surface area contributed by atoms with E-state index in [9.17, 15) is 0 Å². The van der Waals surface area contributed by atoms with Crippen LogP contribution in [0.4, 0.5) is 0 Å². The van der Waals surface area contributed by atoms with Gasteiger partial charge in [0.05, 0.1) is 0 Å². The highest BCUT2D eigenvalue weighted by atomic mass is 16.5. The summed E-state index contributed by atoms with van der Waals surface area (Å²) < 4.78 is 13.6. The average molecular weight is 675 g/mol. The van der Waals surface area contributed by atoms with Crippen molar-refractivity contribution in [2.24, 2.45) is 0 Å². The van der Waals surface area contributed by atoms with Crippen LogP contribution in [0.3, 0.4) is 0 Å². The summed E-state index contributed by atoms with van der Waals surface area (Å²) in [5.41, 5.74) is 12.8. The van der Waals surface area contributed by atoms with Gasteiger partial charge < -0.3 is 9.47 Å². The Balaban J connectivity index is 1.14. The summed E-state index contributed by atoms with van der Waals surface area (Å²) >= 11 is 0. The van der Waals surface area contributed by atoms with Gasteiger partial charge in [0.2, 0.25) is 0 Å². The van der Waals surface area contributed by atoms with Gasteiger partial charge in [-0.1, -0.05) is 170 Å². The zero-order valence-electron chi connectivity index (χ0n) is 28.8. The molecule has 9 aromatic carbocycles. The summed E-state index contributed by atoms with van der Waals surface area (Å²) in [6.07, 6.45) is 0. The molecule has 0 aromatic heterocycles. The predicted molar refractivity (Wildman–Crippen MR) is 221 cm³/mol. The minimum atomic E-state index is -0.0301. The highest BCUT2D eigenvalue weighted by Crippen LogP contribution is 2.48. The number of hydrogen-bond donors (Lipinski definition) is 0. The zero-order valence-corrected chi connectivity index (χ0v) is 28.8. The quantitative estimate of drug-likeness (QED) is 0.137. The molecule has 53 heavy (non-hydrogen) atoms. The number of rotatable bonds is 4. The van der Waals surface area contributed by atoms with Crippen LogP contribution >= 0.6 is 0 Å². The van der Waals surface area contributed by atoms with Crippen LogP contribution in [0.15, 0.2) is 188 Å². The van der Waals surface area contributed by atoms with Gasteiger partial charge in [-0.25, -0.2) is 0 Å². The molecular formula is C50H31BO2. The Hall–Kier alpha value is -6.84. The SMILES string of the molecule is c1ccc(-c2ccc3c(c2)Oc2cccc4c2B3c2cccc(-c3ccccc3-c3c5ccccc5c(-c5ccccc5)c5ccccc35)c2O4)cc1.